The molecule has 2 aromatic rings. The number of aromatic nitrogens is 1. The van der Waals surface area contributed by atoms with Gasteiger partial charge in [0.25, 0.3) is 5.91 Å². The SMILES string of the molecule is O=C(COc1c(Br)cc(Br)c2cccnc12)NC1CCCC1. The molecule has 0 radical (unpaired) electrons. The smallest absolute Gasteiger partial charge is 0.258 e. The number of rotatable bonds is 4. The average molecular weight is 428 g/mol. The lowest BCUT2D eigenvalue weighted by molar-refractivity contribution is -0.123. The van der Waals surface area contributed by atoms with Gasteiger partial charge in [-0.1, -0.05) is 34.8 Å². The minimum absolute atomic E-state index is 0.00239. The number of carbonyl (C=O) groups is 1. The first-order valence-corrected chi connectivity index (χ1v) is 8.88. The Morgan fingerprint density at radius 3 is 2.86 bits per heavy atom. The Bertz CT molecular complexity index is 700. The van der Waals surface area contributed by atoms with Gasteiger partial charge in [0.1, 0.15) is 5.52 Å². The van der Waals surface area contributed by atoms with E-state index in [9.17, 15) is 4.79 Å². The Balaban J connectivity index is 1.74. The number of nitrogens with zero attached hydrogens (tertiary/aromatic N) is 1. The van der Waals surface area contributed by atoms with Gasteiger partial charge in [-0.3, -0.25) is 9.78 Å². The molecular formula is C16H16Br2N2O2. The van der Waals surface area contributed by atoms with E-state index in [1.165, 1.54) is 12.8 Å². The molecule has 1 amide bonds. The third-order valence-corrected chi connectivity index (χ3v) is 5.06. The number of ether oxygens (including phenoxy) is 1. The Labute approximate surface area is 145 Å². The number of pyridine rings is 1. The first-order chi connectivity index (χ1) is 10.6. The molecule has 0 saturated heterocycles. The van der Waals surface area contributed by atoms with Gasteiger partial charge in [0, 0.05) is 22.1 Å². The summed E-state index contributed by atoms with van der Waals surface area (Å²) in [4.78, 5) is 16.4. The summed E-state index contributed by atoms with van der Waals surface area (Å²) in [5, 5.41) is 3.97. The molecule has 0 spiro atoms. The van der Waals surface area contributed by atoms with Crippen molar-refractivity contribution in [2.75, 3.05) is 6.61 Å². The van der Waals surface area contributed by atoms with Crippen LogP contribution < -0.4 is 10.1 Å². The zero-order valence-electron chi connectivity index (χ0n) is 11.9. The zero-order chi connectivity index (χ0) is 15.5. The van der Waals surface area contributed by atoms with Crippen molar-refractivity contribution in [3.05, 3.63) is 33.3 Å². The number of carbonyl (C=O) groups excluding carboxylic acids is 1. The van der Waals surface area contributed by atoms with Crippen LogP contribution in [0.5, 0.6) is 5.75 Å². The summed E-state index contributed by atoms with van der Waals surface area (Å²) in [6.45, 7) is 0.00239. The average Bonchev–Trinajstić information content (AvgIpc) is 3.00. The van der Waals surface area contributed by atoms with Crippen LogP contribution in [0.4, 0.5) is 0 Å². The quantitative estimate of drug-likeness (QED) is 0.795. The molecule has 0 aliphatic heterocycles. The second-order valence-corrected chi connectivity index (χ2v) is 7.12. The van der Waals surface area contributed by atoms with E-state index in [0.717, 1.165) is 32.7 Å². The van der Waals surface area contributed by atoms with Gasteiger partial charge in [-0.2, -0.15) is 0 Å². The van der Waals surface area contributed by atoms with E-state index in [-0.39, 0.29) is 12.5 Å². The highest BCUT2D eigenvalue weighted by Gasteiger charge is 2.18. The highest BCUT2D eigenvalue weighted by atomic mass is 79.9. The molecule has 1 saturated carbocycles. The maximum atomic E-state index is 12.0. The minimum atomic E-state index is -0.0780. The molecule has 3 rings (SSSR count). The van der Waals surface area contributed by atoms with Gasteiger partial charge in [0.2, 0.25) is 0 Å². The summed E-state index contributed by atoms with van der Waals surface area (Å²) < 4.78 is 7.45. The van der Waals surface area contributed by atoms with Gasteiger partial charge in [0.15, 0.2) is 12.4 Å². The highest BCUT2D eigenvalue weighted by Crippen LogP contribution is 2.37. The number of fused-ring (bicyclic) bond motifs is 1. The number of hydrogen-bond acceptors (Lipinski definition) is 3. The first-order valence-electron chi connectivity index (χ1n) is 7.30. The van der Waals surface area contributed by atoms with Crippen LogP contribution in [-0.2, 0) is 4.79 Å². The maximum absolute atomic E-state index is 12.0. The molecule has 1 N–H and O–H groups in total. The molecular weight excluding hydrogens is 412 g/mol. The number of hydrogen-bond donors (Lipinski definition) is 1. The molecule has 1 aliphatic carbocycles. The van der Waals surface area contributed by atoms with E-state index in [1.807, 2.05) is 18.2 Å². The number of amides is 1. The predicted octanol–water partition coefficient (Wildman–Crippen LogP) is 4.20. The lowest BCUT2D eigenvalue weighted by atomic mass is 10.2. The van der Waals surface area contributed by atoms with Crippen LogP contribution in [0.3, 0.4) is 0 Å². The predicted molar refractivity (Wildman–Crippen MR) is 93.0 cm³/mol. The number of benzene rings is 1. The van der Waals surface area contributed by atoms with Crippen LogP contribution in [0.1, 0.15) is 25.7 Å². The second-order valence-electron chi connectivity index (χ2n) is 5.41. The van der Waals surface area contributed by atoms with Gasteiger partial charge in [-0.25, -0.2) is 0 Å². The Hall–Kier alpha value is -1.14. The van der Waals surface area contributed by atoms with Crippen molar-refractivity contribution in [1.29, 1.82) is 0 Å². The summed E-state index contributed by atoms with van der Waals surface area (Å²) in [5.41, 5.74) is 0.734. The van der Waals surface area contributed by atoms with Gasteiger partial charge in [0.05, 0.1) is 4.47 Å². The fourth-order valence-electron chi connectivity index (χ4n) is 2.76. The van der Waals surface area contributed by atoms with Crippen LogP contribution in [-0.4, -0.2) is 23.5 Å². The third kappa shape index (κ3) is 3.43. The van der Waals surface area contributed by atoms with Crippen LogP contribution in [0.15, 0.2) is 33.3 Å². The first kappa shape index (κ1) is 15.7. The molecule has 116 valence electrons. The third-order valence-electron chi connectivity index (χ3n) is 3.82. The molecule has 1 heterocycles. The second kappa shape index (κ2) is 6.96. The zero-order valence-corrected chi connectivity index (χ0v) is 15.1. The van der Waals surface area contributed by atoms with Gasteiger partial charge in [-0.15, -0.1) is 0 Å². The summed E-state index contributed by atoms with van der Waals surface area (Å²) in [7, 11) is 0. The van der Waals surface area contributed by atoms with Crippen molar-refractivity contribution in [3.63, 3.8) is 0 Å². The summed E-state index contributed by atoms with van der Waals surface area (Å²) in [6.07, 6.45) is 6.24. The largest absolute Gasteiger partial charge is 0.480 e. The van der Waals surface area contributed by atoms with E-state index in [4.69, 9.17) is 4.74 Å². The Morgan fingerprint density at radius 2 is 2.09 bits per heavy atom. The Morgan fingerprint density at radius 1 is 1.32 bits per heavy atom. The monoisotopic (exact) mass is 426 g/mol. The van der Waals surface area contributed by atoms with E-state index in [2.05, 4.69) is 42.2 Å². The van der Waals surface area contributed by atoms with Gasteiger partial charge >= 0.3 is 0 Å². The summed E-state index contributed by atoms with van der Waals surface area (Å²) in [5.74, 6) is 0.520. The molecule has 0 atom stereocenters. The number of nitrogens with one attached hydrogen (secondary N) is 1. The van der Waals surface area contributed by atoms with Crippen molar-refractivity contribution in [2.24, 2.45) is 0 Å². The van der Waals surface area contributed by atoms with Crippen molar-refractivity contribution >= 4 is 48.7 Å². The lowest BCUT2D eigenvalue weighted by Gasteiger charge is -2.14. The van der Waals surface area contributed by atoms with E-state index in [0.29, 0.717) is 11.8 Å². The Kier molecular flexibility index (Phi) is 4.98. The number of halogens is 2. The van der Waals surface area contributed by atoms with Gasteiger partial charge in [-0.05, 0) is 40.9 Å². The van der Waals surface area contributed by atoms with Crippen LogP contribution >= 0.6 is 31.9 Å². The molecule has 1 aromatic heterocycles. The fraction of sp³-hybridized carbons (Fsp3) is 0.375. The lowest BCUT2D eigenvalue weighted by Crippen LogP contribution is -2.36. The normalized spacial score (nSPS) is 15.2. The topological polar surface area (TPSA) is 51.2 Å². The molecule has 0 bridgehead atoms. The van der Waals surface area contributed by atoms with E-state index < -0.39 is 0 Å². The van der Waals surface area contributed by atoms with E-state index >= 15 is 0 Å². The molecule has 1 aliphatic rings. The van der Waals surface area contributed by atoms with Gasteiger partial charge < -0.3 is 10.1 Å². The maximum Gasteiger partial charge on any atom is 0.258 e. The highest BCUT2D eigenvalue weighted by molar-refractivity contribution is 9.11. The summed E-state index contributed by atoms with van der Waals surface area (Å²) >= 11 is 7.00. The van der Waals surface area contributed by atoms with Crippen molar-refractivity contribution in [2.45, 2.75) is 31.7 Å². The molecule has 1 aromatic carbocycles. The standard InChI is InChI=1S/C16H16Br2N2O2/c17-12-8-13(18)16(15-11(12)6-3-7-19-15)22-9-14(21)20-10-4-1-2-5-10/h3,6-8,10H,1-2,4-5,9H2,(H,20,21). The van der Waals surface area contributed by atoms with Crippen LogP contribution in [0.25, 0.3) is 10.9 Å². The molecule has 0 unspecified atom stereocenters. The molecule has 6 heteroatoms. The van der Waals surface area contributed by atoms with Crippen LogP contribution in [0, 0.1) is 0 Å². The van der Waals surface area contributed by atoms with Crippen molar-refractivity contribution < 1.29 is 9.53 Å². The van der Waals surface area contributed by atoms with Crippen molar-refractivity contribution in [1.82, 2.24) is 10.3 Å². The molecule has 22 heavy (non-hydrogen) atoms. The minimum Gasteiger partial charge on any atom is -0.480 e. The van der Waals surface area contributed by atoms with Crippen molar-refractivity contribution in [3.8, 4) is 5.75 Å². The molecule has 4 nitrogen and oxygen atoms in total. The fourth-order valence-corrected chi connectivity index (χ4v) is 4.15. The van der Waals surface area contributed by atoms with E-state index in [1.54, 1.807) is 6.20 Å². The molecule has 1 fully saturated rings. The van der Waals surface area contributed by atoms with Crippen LogP contribution in [0.2, 0.25) is 0 Å². The summed E-state index contributed by atoms with van der Waals surface area (Å²) in [6, 6.07) is 6.05.